The minimum atomic E-state index is -0.264. The lowest BCUT2D eigenvalue weighted by atomic mass is 9.96. The molecule has 1 aliphatic rings. The van der Waals surface area contributed by atoms with Gasteiger partial charge in [0, 0.05) is 36.9 Å². The van der Waals surface area contributed by atoms with Crippen molar-refractivity contribution in [3.63, 3.8) is 0 Å². The van der Waals surface area contributed by atoms with Crippen LogP contribution in [-0.2, 0) is 16.0 Å². The topological polar surface area (TPSA) is 54.5 Å². The van der Waals surface area contributed by atoms with Crippen molar-refractivity contribution in [2.24, 2.45) is 0 Å². The number of carbonyl (C=O) groups is 3. The highest BCUT2D eigenvalue weighted by atomic mass is 35.5. The van der Waals surface area contributed by atoms with E-state index < -0.39 is 0 Å². The Morgan fingerprint density at radius 2 is 1.95 bits per heavy atom. The molecule has 0 spiro atoms. The Bertz CT molecular complexity index is 568. The number of carbonyl (C=O) groups excluding carboxylic acids is 3. The minimum absolute atomic E-state index is 0.0142. The third-order valence-electron chi connectivity index (χ3n) is 3.45. The lowest BCUT2D eigenvalue weighted by Gasteiger charge is -2.21. The summed E-state index contributed by atoms with van der Waals surface area (Å²) in [4.78, 5) is 36.9. The summed E-state index contributed by atoms with van der Waals surface area (Å²) >= 11 is 5.93. The molecule has 1 heterocycles. The number of fused-ring (bicyclic) bond motifs is 1. The summed E-state index contributed by atoms with van der Waals surface area (Å²) in [6.07, 6.45) is 1.46. The molecule has 0 saturated heterocycles. The van der Waals surface area contributed by atoms with Gasteiger partial charge in [0.1, 0.15) is 0 Å². The average Bonchev–Trinajstić information content (AvgIpc) is 2.40. The molecular formula is C15H16ClNO3. The molecular weight excluding hydrogens is 278 g/mol. The first kappa shape index (κ1) is 14.7. The fourth-order valence-electron chi connectivity index (χ4n) is 2.39. The summed E-state index contributed by atoms with van der Waals surface area (Å²) in [7, 11) is 0. The molecule has 20 heavy (non-hydrogen) atoms. The number of Topliss-reactive ketones (excluding diaryl/α,β-unsaturated/α-hetero) is 1. The van der Waals surface area contributed by atoms with Crippen LogP contribution in [-0.4, -0.2) is 29.0 Å². The van der Waals surface area contributed by atoms with Gasteiger partial charge in [0.15, 0.2) is 5.78 Å². The number of halogens is 1. The molecule has 0 aromatic heterocycles. The van der Waals surface area contributed by atoms with E-state index in [1.165, 1.54) is 11.8 Å². The van der Waals surface area contributed by atoms with Gasteiger partial charge in [0.2, 0.25) is 11.8 Å². The van der Waals surface area contributed by atoms with Crippen LogP contribution in [0.25, 0.3) is 0 Å². The quantitative estimate of drug-likeness (QED) is 0.739. The Morgan fingerprint density at radius 3 is 2.65 bits per heavy atom. The van der Waals surface area contributed by atoms with E-state index in [0.29, 0.717) is 36.4 Å². The van der Waals surface area contributed by atoms with Crippen LogP contribution in [0.3, 0.4) is 0 Å². The second kappa shape index (κ2) is 6.18. The Morgan fingerprint density at radius 1 is 1.20 bits per heavy atom. The molecule has 0 fully saturated rings. The van der Waals surface area contributed by atoms with Gasteiger partial charge in [-0.1, -0.05) is 17.7 Å². The SMILES string of the molecule is CC(=O)N1CCCC(=O)c2cc(Cl)ccc2CCC1=O. The molecule has 0 N–H and O–H groups in total. The van der Waals surface area contributed by atoms with E-state index in [2.05, 4.69) is 0 Å². The fraction of sp³-hybridized carbons (Fsp3) is 0.400. The lowest BCUT2D eigenvalue weighted by molar-refractivity contribution is -0.143. The second-order valence-corrected chi connectivity index (χ2v) is 5.33. The van der Waals surface area contributed by atoms with Gasteiger partial charge in [-0.05, 0) is 30.5 Å². The highest BCUT2D eigenvalue weighted by Crippen LogP contribution is 2.21. The first-order valence-electron chi connectivity index (χ1n) is 6.61. The van der Waals surface area contributed by atoms with Crippen LogP contribution in [0.2, 0.25) is 5.02 Å². The van der Waals surface area contributed by atoms with Crippen molar-refractivity contribution in [3.8, 4) is 0 Å². The van der Waals surface area contributed by atoms with E-state index in [-0.39, 0.29) is 24.0 Å². The normalized spacial score (nSPS) is 16.8. The predicted octanol–water partition coefficient (Wildman–Crippen LogP) is 2.62. The summed E-state index contributed by atoms with van der Waals surface area (Å²) in [6, 6.07) is 5.16. The van der Waals surface area contributed by atoms with Gasteiger partial charge in [-0.3, -0.25) is 19.3 Å². The number of benzene rings is 1. The van der Waals surface area contributed by atoms with Crippen LogP contribution in [0.1, 0.15) is 42.1 Å². The molecule has 0 atom stereocenters. The number of imide groups is 1. The molecule has 0 aliphatic carbocycles. The van der Waals surface area contributed by atoms with Crippen molar-refractivity contribution in [1.82, 2.24) is 4.90 Å². The maximum absolute atomic E-state index is 12.2. The summed E-state index contributed by atoms with van der Waals surface area (Å²) in [6.45, 7) is 1.68. The summed E-state index contributed by atoms with van der Waals surface area (Å²) < 4.78 is 0. The van der Waals surface area contributed by atoms with Gasteiger partial charge in [0.25, 0.3) is 0 Å². The predicted molar refractivity (Wildman–Crippen MR) is 75.7 cm³/mol. The van der Waals surface area contributed by atoms with Crippen LogP contribution in [0.4, 0.5) is 0 Å². The molecule has 5 heteroatoms. The van der Waals surface area contributed by atoms with Crippen molar-refractivity contribution in [2.45, 2.75) is 32.6 Å². The van der Waals surface area contributed by atoms with E-state index in [9.17, 15) is 14.4 Å². The van der Waals surface area contributed by atoms with Crippen LogP contribution < -0.4 is 0 Å². The van der Waals surface area contributed by atoms with Crippen molar-refractivity contribution in [2.75, 3.05) is 6.54 Å². The zero-order valence-corrected chi connectivity index (χ0v) is 12.1. The van der Waals surface area contributed by atoms with Gasteiger partial charge in [-0.2, -0.15) is 0 Å². The monoisotopic (exact) mass is 293 g/mol. The number of nitrogens with zero attached hydrogens (tertiary/aromatic N) is 1. The van der Waals surface area contributed by atoms with Crippen LogP contribution in [0.5, 0.6) is 0 Å². The number of hydrogen-bond acceptors (Lipinski definition) is 3. The molecule has 0 bridgehead atoms. The van der Waals surface area contributed by atoms with Gasteiger partial charge < -0.3 is 0 Å². The zero-order chi connectivity index (χ0) is 14.7. The zero-order valence-electron chi connectivity index (χ0n) is 11.3. The van der Waals surface area contributed by atoms with Crippen molar-refractivity contribution >= 4 is 29.2 Å². The minimum Gasteiger partial charge on any atom is -0.294 e. The van der Waals surface area contributed by atoms with E-state index in [1.54, 1.807) is 18.2 Å². The van der Waals surface area contributed by atoms with E-state index in [4.69, 9.17) is 11.6 Å². The van der Waals surface area contributed by atoms with Crippen LogP contribution in [0, 0.1) is 0 Å². The molecule has 0 unspecified atom stereocenters. The first-order chi connectivity index (χ1) is 9.49. The van der Waals surface area contributed by atoms with Crippen LogP contribution >= 0.6 is 11.6 Å². The fourth-order valence-corrected chi connectivity index (χ4v) is 2.57. The van der Waals surface area contributed by atoms with Gasteiger partial charge in [-0.25, -0.2) is 0 Å². The molecule has 0 saturated carbocycles. The molecule has 4 nitrogen and oxygen atoms in total. The third-order valence-corrected chi connectivity index (χ3v) is 3.68. The molecule has 1 aromatic carbocycles. The summed E-state index contributed by atoms with van der Waals surface area (Å²) in [5, 5.41) is 0.519. The highest BCUT2D eigenvalue weighted by molar-refractivity contribution is 6.31. The molecule has 0 radical (unpaired) electrons. The van der Waals surface area contributed by atoms with Crippen molar-refractivity contribution < 1.29 is 14.4 Å². The largest absolute Gasteiger partial charge is 0.294 e. The molecule has 2 amide bonds. The van der Waals surface area contributed by atoms with Crippen LogP contribution in [0.15, 0.2) is 18.2 Å². The summed E-state index contributed by atoms with van der Waals surface area (Å²) in [5.41, 5.74) is 1.42. The number of aryl methyl sites for hydroxylation is 1. The van der Waals surface area contributed by atoms with E-state index in [0.717, 1.165) is 5.56 Å². The van der Waals surface area contributed by atoms with E-state index >= 15 is 0 Å². The van der Waals surface area contributed by atoms with Gasteiger partial charge in [0.05, 0.1) is 0 Å². The standard InChI is InChI=1S/C15H16ClNO3/c1-10(18)17-8-2-3-14(19)13-9-12(16)6-4-11(13)5-7-15(17)20/h4,6,9H,2-3,5,7-8H2,1H3. The average molecular weight is 294 g/mol. The van der Waals surface area contributed by atoms with E-state index in [1.807, 2.05) is 0 Å². The molecule has 106 valence electrons. The molecule has 2 rings (SSSR count). The maximum atomic E-state index is 12.2. The van der Waals surface area contributed by atoms with Crippen molar-refractivity contribution in [1.29, 1.82) is 0 Å². The molecule has 1 aliphatic heterocycles. The third kappa shape index (κ3) is 3.25. The second-order valence-electron chi connectivity index (χ2n) is 4.89. The highest BCUT2D eigenvalue weighted by Gasteiger charge is 2.21. The lowest BCUT2D eigenvalue weighted by Crippen LogP contribution is -2.36. The maximum Gasteiger partial charge on any atom is 0.229 e. The van der Waals surface area contributed by atoms with Crippen molar-refractivity contribution in [3.05, 3.63) is 34.3 Å². The number of hydrogen-bond donors (Lipinski definition) is 0. The Labute approximate surface area is 122 Å². The Hall–Kier alpha value is -1.68. The molecule has 1 aromatic rings. The van der Waals surface area contributed by atoms with Gasteiger partial charge >= 0.3 is 0 Å². The van der Waals surface area contributed by atoms with Gasteiger partial charge in [-0.15, -0.1) is 0 Å². The number of ketones is 1. The number of rotatable bonds is 0. The first-order valence-corrected chi connectivity index (χ1v) is 6.99. The Balaban J connectivity index is 2.30. The summed E-state index contributed by atoms with van der Waals surface area (Å²) in [5.74, 6) is -0.438. The number of amides is 2. The Kier molecular flexibility index (Phi) is 4.55. The smallest absolute Gasteiger partial charge is 0.229 e.